The molecule has 0 atom stereocenters. The monoisotopic (exact) mass is 560 g/mol. The third-order valence-electron chi connectivity index (χ3n) is 6.39. The van der Waals surface area contributed by atoms with Crippen LogP contribution < -0.4 is 5.32 Å². The highest BCUT2D eigenvalue weighted by molar-refractivity contribution is 6.04. The van der Waals surface area contributed by atoms with Crippen molar-refractivity contribution in [2.75, 3.05) is 18.4 Å². The molecular weight excluding hydrogens is 524 g/mol. The molecule has 7 heteroatoms. The lowest BCUT2D eigenvalue weighted by Crippen LogP contribution is -2.33. The van der Waals surface area contributed by atoms with Gasteiger partial charge in [-0.1, -0.05) is 67.9 Å². The van der Waals surface area contributed by atoms with Crippen LogP contribution in [0.5, 0.6) is 0 Å². The number of nitrogens with one attached hydrogen (secondary N) is 1. The van der Waals surface area contributed by atoms with E-state index in [2.05, 4.69) is 34.3 Å². The van der Waals surface area contributed by atoms with Crippen LogP contribution in [0.1, 0.15) is 53.1 Å². The van der Waals surface area contributed by atoms with Crippen molar-refractivity contribution in [3.8, 4) is 22.8 Å². The van der Waals surface area contributed by atoms with Gasteiger partial charge in [-0.25, -0.2) is 4.98 Å². The second-order valence-electron chi connectivity index (χ2n) is 9.78. The van der Waals surface area contributed by atoms with Crippen LogP contribution >= 0.6 is 0 Å². The molecule has 5 rings (SSSR count). The normalized spacial score (nSPS) is 10.4. The third kappa shape index (κ3) is 8.01. The number of nitrogens with zero attached hydrogens (tertiary/aromatic N) is 3. The molecule has 0 saturated heterocycles. The Morgan fingerprint density at radius 1 is 0.786 bits per heavy atom. The summed E-state index contributed by atoms with van der Waals surface area (Å²) >= 11 is 0. The Morgan fingerprint density at radius 3 is 1.98 bits per heavy atom. The predicted octanol–water partition coefficient (Wildman–Crippen LogP) is 7.91. The molecule has 0 saturated carbocycles. The van der Waals surface area contributed by atoms with E-state index in [1.54, 1.807) is 30.5 Å². The van der Waals surface area contributed by atoms with Crippen molar-refractivity contribution in [2.45, 2.75) is 33.6 Å². The summed E-state index contributed by atoms with van der Waals surface area (Å²) in [5.41, 5.74) is 4.21. The molecule has 2 heterocycles. The zero-order valence-electron chi connectivity index (χ0n) is 24.3. The summed E-state index contributed by atoms with van der Waals surface area (Å²) in [4.78, 5) is 36.3. The molecule has 3 aromatic carbocycles. The zero-order chi connectivity index (χ0) is 29.7. The average molecular weight is 561 g/mol. The molecule has 2 aromatic heterocycles. The van der Waals surface area contributed by atoms with Gasteiger partial charge < -0.3 is 14.6 Å². The van der Waals surface area contributed by atoms with Gasteiger partial charge in [0.15, 0.2) is 11.5 Å². The second-order valence-corrected chi connectivity index (χ2v) is 9.78. The lowest BCUT2D eigenvalue weighted by molar-refractivity contribution is 0.0750. The van der Waals surface area contributed by atoms with E-state index in [0.29, 0.717) is 41.6 Å². The van der Waals surface area contributed by atoms with E-state index in [4.69, 9.17) is 4.42 Å². The molecule has 0 spiro atoms. The lowest BCUT2D eigenvalue weighted by Gasteiger charge is -2.20. The van der Waals surface area contributed by atoms with E-state index in [0.717, 1.165) is 18.4 Å². The van der Waals surface area contributed by atoms with Gasteiger partial charge in [0.25, 0.3) is 11.8 Å². The number of hydrogen-bond donors (Lipinski definition) is 1. The largest absolute Gasteiger partial charge is 0.435 e. The number of anilines is 1. The molecule has 0 aliphatic rings. The van der Waals surface area contributed by atoms with E-state index in [9.17, 15) is 9.59 Å². The topological polar surface area (TPSA) is 88.3 Å². The second kappa shape index (κ2) is 15.1. The number of carbonyl (C=O) groups excluding carboxylic acids is 2. The molecule has 1 N–H and O–H groups in total. The summed E-state index contributed by atoms with van der Waals surface area (Å²) in [5, 5.41) is 2.86. The number of amides is 2. The van der Waals surface area contributed by atoms with Gasteiger partial charge in [0.05, 0.1) is 5.56 Å². The zero-order valence-corrected chi connectivity index (χ0v) is 24.3. The Labute approximate surface area is 247 Å². The first-order chi connectivity index (χ1) is 20.5. The highest BCUT2D eigenvalue weighted by Crippen LogP contribution is 2.31. The maximum Gasteiger partial charge on any atom is 0.276 e. The van der Waals surface area contributed by atoms with Gasteiger partial charge in [-0.2, -0.15) is 0 Å². The summed E-state index contributed by atoms with van der Waals surface area (Å²) < 4.78 is 6.15. The van der Waals surface area contributed by atoms with Crippen LogP contribution in [-0.4, -0.2) is 39.8 Å². The Balaban J connectivity index is 0.000000507. The summed E-state index contributed by atoms with van der Waals surface area (Å²) in [6.07, 6.45) is 4.85. The summed E-state index contributed by atoms with van der Waals surface area (Å²) in [6.45, 7) is 7.49. The summed E-state index contributed by atoms with van der Waals surface area (Å²) in [6, 6.07) is 30.4. The van der Waals surface area contributed by atoms with Gasteiger partial charge in [-0.15, -0.1) is 0 Å². The van der Waals surface area contributed by atoms with Crippen molar-refractivity contribution in [3.63, 3.8) is 0 Å². The molecule has 0 fully saturated rings. The molecule has 0 aliphatic carbocycles. The van der Waals surface area contributed by atoms with E-state index in [1.165, 1.54) is 11.8 Å². The van der Waals surface area contributed by atoms with Crippen LogP contribution in [0.2, 0.25) is 0 Å². The Bertz CT molecular complexity index is 1540. The maximum absolute atomic E-state index is 13.5. The Morgan fingerprint density at radius 2 is 1.43 bits per heavy atom. The number of aromatic nitrogens is 2. The molecule has 214 valence electrons. The highest BCUT2D eigenvalue weighted by atomic mass is 16.4. The molecule has 0 radical (unpaired) electrons. The standard InChI is InChI=1S/C28H28N4O3.C7H8/c1-3-17-32(18-4-2)28(34)24-25(35-27(31-24)21-9-6-5-7-10-21)20-12-14-23(15-13-20)30-26(33)22-11-8-16-29-19-22;1-7-5-3-2-4-6-7/h5-16,19H,3-4,17-18H2,1-2H3,(H,30,33);2-6H,1H3. The highest BCUT2D eigenvalue weighted by Gasteiger charge is 2.26. The maximum atomic E-state index is 13.5. The molecule has 5 aromatic rings. The number of rotatable bonds is 9. The van der Waals surface area contributed by atoms with Gasteiger partial charge >= 0.3 is 0 Å². The van der Waals surface area contributed by atoms with Crippen LogP contribution in [0.3, 0.4) is 0 Å². The van der Waals surface area contributed by atoms with Crippen molar-refractivity contribution in [2.24, 2.45) is 0 Å². The average Bonchev–Trinajstić information content (AvgIpc) is 3.48. The number of pyridine rings is 1. The fourth-order valence-electron chi connectivity index (χ4n) is 4.31. The van der Waals surface area contributed by atoms with Gasteiger partial charge in [-0.3, -0.25) is 14.6 Å². The summed E-state index contributed by atoms with van der Waals surface area (Å²) in [7, 11) is 0. The Kier molecular flexibility index (Phi) is 10.8. The number of oxazole rings is 1. The van der Waals surface area contributed by atoms with Crippen molar-refractivity contribution in [1.29, 1.82) is 0 Å². The van der Waals surface area contributed by atoms with Crippen molar-refractivity contribution in [1.82, 2.24) is 14.9 Å². The first-order valence-corrected chi connectivity index (χ1v) is 14.2. The number of benzene rings is 3. The van der Waals surface area contributed by atoms with E-state index >= 15 is 0 Å². The SMILES string of the molecule is CCCN(CCC)C(=O)c1nc(-c2ccccc2)oc1-c1ccc(NC(=O)c2cccnc2)cc1.Cc1ccccc1. The van der Waals surface area contributed by atoms with Crippen LogP contribution in [0.4, 0.5) is 5.69 Å². The molecule has 42 heavy (non-hydrogen) atoms. The van der Waals surface area contributed by atoms with Crippen LogP contribution in [0.25, 0.3) is 22.8 Å². The van der Waals surface area contributed by atoms with Crippen LogP contribution in [-0.2, 0) is 0 Å². The minimum atomic E-state index is -0.248. The van der Waals surface area contributed by atoms with Gasteiger partial charge in [0, 0.05) is 42.3 Å². The molecule has 7 nitrogen and oxygen atoms in total. The molecule has 0 bridgehead atoms. The minimum absolute atomic E-state index is 0.149. The van der Waals surface area contributed by atoms with E-state index in [1.807, 2.05) is 79.4 Å². The lowest BCUT2D eigenvalue weighted by atomic mass is 10.1. The number of carbonyl (C=O) groups is 2. The first kappa shape index (κ1) is 29.9. The molecule has 0 aliphatic heterocycles. The van der Waals surface area contributed by atoms with Gasteiger partial charge in [-0.05, 0) is 68.3 Å². The van der Waals surface area contributed by atoms with Crippen molar-refractivity contribution >= 4 is 17.5 Å². The predicted molar refractivity (Wildman–Crippen MR) is 167 cm³/mol. The van der Waals surface area contributed by atoms with Crippen LogP contribution in [0, 0.1) is 6.92 Å². The number of aryl methyl sites for hydroxylation is 1. The minimum Gasteiger partial charge on any atom is -0.435 e. The van der Waals surface area contributed by atoms with E-state index in [-0.39, 0.29) is 17.5 Å². The molecular formula is C35H36N4O3. The molecule has 0 unspecified atom stereocenters. The third-order valence-corrected chi connectivity index (χ3v) is 6.39. The Hall–Kier alpha value is -5.04. The van der Waals surface area contributed by atoms with Crippen molar-refractivity contribution < 1.29 is 14.0 Å². The van der Waals surface area contributed by atoms with Crippen LogP contribution in [0.15, 0.2) is 114 Å². The quantitative estimate of drug-likeness (QED) is 0.198. The summed E-state index contributed by atoms with van der Waals surface area (Å²) in [5.74, 6) is 0.410. The van der Waals surface area contributed by atoms with Crippen molar-refractivity contribution in [3.05, 3.63) is 126 Å². The fraction of sp³-hybridized carbons (Fsp3) is 0.200. The smallest absolute Gasteiger partial charge is 0.276 e. The van der Waals surface area contributed by atoms with Gasteiger partial charge in [0.1, 0.15) is 0 Å². The number of hydrogen-bond acceptors (Lipinski definition) is 5. The first-order valence-electron chi connectivity index (χ1n) is 14.2. The fourth-order valence-corrected chi connectivity index (χ4v) is 4.31. The van der Waals surface area contributed by atoms with E-state index < -0.39 is 0 Å². The molecule has 2 amide bonds. The van der Waals surface area contributed by atoms with Gasteiger partial charge in [0.2, 0.25) is 5.89 Å².